The van der Waals surface area contributed by atoms with E-state index in [1.165, 1.54) is 0 Å². The molecule has 0 aliphatic carbocycles. The fourth-order valence-corrected chi connectivity index (χ4v) is 3.45. The molecule has 1 aromatic rings. The van der Waals surface area contributed by atoms with Crippen LogP contribution in [-0.4, -0.2) is 21.0 Å². The summed E-state index contributed by atoms with van der Waals surface area (Å²) < 4.78 is 26.8. The number of nitrogens with one attached hydrogen (secondary N) is 2. The van der Waals surface area contributed by atoms with Crippen LogP contribution in [0.1, 0.15) is 32.8 Å². The molecule has 0 saturated carbocycles. The molecule has 0 bridgehead atoms. The maximum Gasteiger partial charge on any atom is 0.242 e. The van der Waals surface area contributed by atoms with Crippen LogP contribution in [0.15, 0.2) is 23.1 Å². The Kier molecular flexibility index (Phi) is 6.26. The highest BCUT2D eigenvalue weighted by Gasteiger charge is 2.19. The third-order valence-electron chi connectivity index (χ3n) is 2.43. The van der Waals surface area contributed by atoms with Gasteiger partial charge in [0.15, 0.2) is 0 Å². The van der Waals surface area contributed by atoms with Crippen molar-refractivity contribution in [2.24, 2.45) is 0 Å². The predicted octanol–water partition coefficient (Wildman–Crippen LogP) is 2.53. The van der Waals surface area contributed by atoms with Crippen molar-refractivity contribution in [2.45, 2.75) is 44.7 Å². The number of rotatable bonds is 7. The molecule has 0 aromatic heterocycles. The van der Waals surface area contributed by atoms with E-state index in [9.17, 15) is 8.42 Å². The smallest absolute Gasteiger partial charge is 0.242 e. The Bertz CT molecular complexity index is 515. The second-order valence-electron chi connectivity index (χ2n) is 4.72. The molecular formula is C13H21ClN2O2S. The molecule has 0 aliphatic heterocycles. The maximum absolute atomic E-state index is 12.1. The van der Waals surface area contributed by atoms with E-state index >= 15 is 0 Å². The highest BCUT2D eigenvalue weighted by Crippen LogP contribution is 2.22. The van der Waals surface area contributed by atoms with Gasteiger partial charge >= 0.3 is 0 Å². The molecule has 0 unspecified atom stereocenters. The Morgan fingerprint density at radius 1 is 1.32 bits per heavy atom. The number of hydrogen-bond acceptors (Lipinski definition) is 3. The average molecular weight is 305 g/mol. The second kappa shape index (κ2) is 7.24. The first-order valence-corrected chi connectivity index (χ1v) is 8.24. The highest BCUT2D eigenvalue weighted by atomic mass is 35.5. The molecular weight excluding hydrogens is 284 g/mol. The molecule has 0 heterocycles. The predicted molar refractivity (Wildman–Crippen MR) is 78.9 cm³/mol. The minimum Gasteiger partial charge on any atom is -0.313 e. The van der Waals surface area contributed by atoms with Crippen molar-refractivity contribution >= 4 is 21.6 Å². The van der Waals surface area contributed by atoms with Gasteiger partial charge in [-0.2, -0.15) is 0 Å². The van der Waals surface area contributed by atoms with Crippen molar-refractivity contribution in [1.82, 2.24) is 10.0 Å². The molecule has 0 fully saturated rings. The Morgan fingerprint density at radius 2 is 2.00 bits per heavy atom. The molecule has 108 valence electrons. The molecule has 2 N–H and O–H groups in total. The van der Waals surface area contributed by atoms with Crippen LogP contribution < -0.4 is 10.0 Å². The fraction of sp³-hybridized carbons (Fsp3) is 0.538. The van der Waals surface area contributed by atoms with Crippen LogP contribution in [0.2, 0.25) is 5.02 Å². The van der Waals surface area contributed by atoms with Gasteiger partial charge in [0.25, 0.3) is 0 Å². The zero-order valence-corrected chi connectivity index (χ0v) is 13.1. The number of halogens is 1. The monoisotopic (exact) mass is 304 g/mol. The molecule has 19 heavy (non-hydrogen) atoms. The molecule has 0 aliphatic rings. The first-order chi connectivity index (χ1) is 8.86. The van der Waals surface area contributed by atoms with E-state index in [0.29, 0.717) is 6.54 Å². The minimum absolute atomic E-state index is 0.138. The number of hydrogen-bond donors (Lipinski definition) is 2. The molecule has 0 radical (unpaired) electrons. The summed E-state index contributed by atoms with van der Waals surface area (Å²) >= 11 is 5.99. The SMILES string of the molecule is CCCNCc1ccc(Cl)c(S(=O)(=O)NC(C)C)c1. The first kappa shape index (κ1) is 16.4. The van der Waals surface area contributed by atoms with E-state index in [1.807, 2.05) is 6.07 Å². The zero-order valence-electron chi connectivity index (χ0n) is 11.5. The van der Waals surface area contributed by atoms with Crippen LogP contribution in [0.4, 0.5) is 0 Å². The summed E-state index contributed by atoms with van der Waals surface area (Å²) in [5.41, 5.74) is 0.905. The molecule has 0 atom stereocenters. The second-order valence-corrected chi connectivity index (χ2v) is 6.81. The molecule has 0 amide bonds. The normalized spacial score (nSPS) is 12.1. The van der Waals surface area contributed by atoms with Crippen LogP contribution in [0.25, 0.3) is 0 Å². The van der Waals surface area contributed by atoms with Crippen molar-refractivity contribution in [3.8, 4) is 0 Å². The van der Waals surface area contributed by atoms with E-state index < -0.39 is 10.0 Å². The van der Waals surface area contributed by atoms with Gasteiger partial charge < -0.3 is 5.32 Å². The standard InChI is InChI=1S/C13H21ClN2O2S/c1-4-7-15-9-11-5-6-12(14)13(8-11)19(17,18)16-10(2)3/h5-6,8,10,15-16H,4,7,9H2,1-3H3. The Morgan fingerprint density at radius 3 is 2.58 bits per heavy atom. The lowest BCUT2D eigenvalue weighted by Gasteiger charge is -2.12. The van der Waals surface area contributed by atoms with Gasteiger partial charge in [-0.25, -0.2) is 13.1 Å². The lowest BCUT2D eigenvalue weighted by Crippen LogP contribution is -2.30. The molecule has 4 nitrogen and oxygen atoms in total. The highest BCUT2D eigenvalue weighted by molar-refractivity contribution is 7.89. The summed E-state index contributed by atoms with van der Waals surface area (Å²) in [6, 6.07) is 4.91. The topological polar surface area (TPSA) is 58.2 Å². The van der Waals surface area contributed by atoms with Gasteiger partial charge in [-0.05, 0) is 44.5 Å². The van der Waals surface area contributed by atoms with E-state index in [0.717, 1.165) is 18.5 Å². The third kappa shape index (κ3) is 5.10. The first-order valence-electron chi connectivity index (χ1n) is 6.38. The van der Waals surface area contributed by atoms with Crippen molar-refractivity contribution in [1.29, 1.82) is 0 Å². The van der Waals surface area contributed by atoms with Crippen LogP contribution in [-0.2, 0) is 16.6 Å². The molecule has 0 spiro atoms. The summed E-state index contributed by atoms with van der Waals surface area (Å²) in [5, 5.41) is 3.47. The minimum atomic E-state index is -3.55. The fourth-order valence-electron chi connectivity index (χ4n) is 1.65. The largest absolute Gasteiger partial charge is 0.313 e. The van der Waals surface area contributed by atoms with Gasteiger partial charge in [-0.3, -0.25) is 0 Å². The molecule has 6 heteroatoms. The van der Waals surface area contributed by atoms with Crippen molar-refractivity contribution in [3.05, 3.63) is 28.8 Å². The molecule has 1 aromatic carbocycles. The Hall–Kier alpha value is -0.620. The third-order valence-corrected chi connectivity index (χ3v) is 4.57. The lowest BCUT2D eigenvalue weighted by atomic mass is 10.2. The number of sulfonamides is 1. The van der Waals surface area contributed by atoms with E-state index in [2.05, 4.69) is 17.0 Å². The van der Waals surface area contributed by atoms with Crippen LogP contribution in [0, 0.1) is 0 Å². The van der Waals surface area contributed by atoms with Gasteiger partial charge in [0.05, 0.1) is 5.02 Å². The van der Waals surface area contributed by atoms with Crippen molar-refractivity contribution in [3.63, 3.8) is 0 Å². The van der Waals surface area contributed by atoms with E-state index in [1.54, 1.807) is 26.0 Å². The quantitative estimate of drug-likeness (QED) is 0.761. The summed E-state index contributed by atoms with van der Waals surface area (Å²) in [7, 11) is -3.55. The van der Waals surface area contributed by atoms with Crippen LogP contribution in [0.5, 0.6) is 0 Å². The van der Waals surface area contributed by atoms with E-state index in [-0.39, 0.29) is 16.0 Å². The average Bonchev–Trinajstić information content (AvgIpc) is 2.29. The van der Waals surface area contributed by atoms with Crippen molar-refractivity contribution in [2.75, 3.05) is 6.54 Å². The Labute approximate surface area is 120 Å². The van der Waals surface area contributed by atoms with Gasteiger partial charge in [0, 0.05) is 12.6 Å². The Balaban J connectivity index is 2.97. The van der Waals surface area contributed by atoms with Crippen LogP contribution in [0.3, 0.4) is 0 Å². The summed E-state index contributed by atoms with van der Waals surface area (Å²) in [6.45, 7) is 7.16. The zero-order chi connectivity index (χ0) is 14.5. The maximum atomic E-state index is 12.1. The van der Waals surface area contributed by atoms with Crippen molar-refractivity contribution < 1.29 is 8.42 Å². The summed E-state index contributed by atoms with van der Waals surface area (Å²) in [6.07, 6.45) is 1.04. The van der Waals surface area contributed by atoms with Crippen LogP contribution >= 0.6 is 11.6 Å². The van der Waals surface area contributed by atoms with E-state index in [4.69, 9.17) is 11.6 Å². The summed E-state index contributed by atoms with van der Waals surface area (Å²) in [4.78, 5) is 0.138. The lowest BCUT2D eigenvalue weighted by molar-refractivity contribution is 0.569. The molecule has 1 rings (SSSR count). The van der Waals surface area contributed by atoms with Gasteiger partial charge in [0.1, 0.15) is 4.90 Å². The summed E-state index contributed by atoms with van der Waals surface area (Å²) in [5.74, 6) is 0. The van der Waals surface area contributed by atoms with Gasteiger partial charge in [-0.1, -0.05) is 24.6 Å². The van der Waals surface area contributed by atoms with Gasteiger partial charge in [0.2, 0.25) is 10.0 Å². The molecule has 0 saturated heterocycles. The number of benzene rings is 1. The van der Waals surface area contributed by atoms with Gasteiger partial charge in [-0.15, -0.1) is 0 Å².